The Hall–Kier alpha value is -1.81. The van der Waals surface area contributed by atoms with Gasteiger partial charge in [-0.3, -0.25) is 0 Å². The van der Waals surface area contributed by atoms with Crippen molar-refractivity contribution in [2.75, 3.05) is 29.9 Å². The molecular formula is C17H23ClN4. The van der Waals surface area contributed by atoms with Crippen molar-refractivity contribution in [3.63, 3.8) is 0 Å². The summed E-state index contributed by atoms with van der Waals surface area (Å²) < 4.78 is 0. The fourth-order valence-corrected chi connectivity index (χ4v) is 2.40. The number of aryl methyl sites for hydroxylation is 1. The summed E-state index contributed by atoms with van der Waals surface area (Å²) in [7, 11) is 0. The second-order valence-corrected chi connectivity index (χ2v) is 5.61. The molecule has 0 spiro atoms. The normalized spacial score (nSPS) is 10.5. The lowest BCUT2D eigenvalue weighted by Gasteiger charge is -2.19. The van der Waals surface area contributed by atoms with Crippen LogP contribution >= 0.6 is 11.6 Å². The summed E-state index contributed by atoms with van der Waals surface area (Å²) in [5.41, 5.74) is 2.23. The smallest absolute Gasteiger partial charge is 0.227 e. The summed E-state index contributed by atoms with van der Waals surface area (Å²) in [4.78, 5) is 11.3. The zero-order valence-corrected chi connectivity index (χ0v) is 14.2. The number of anilines is 2. The molecule has 0 atom stereocenters. The van der Waals surface area contributed by atoms with Crippen LogP contribution in [0.4, 0.5) is 11.8 Å². The van der Waals surface area contributed by atoms with Gasteiger partial charge >= 0.3 is 0 Å². The van der Waals surface area contributed by atoms with Gasteiger partial charge in [-0.25, -0.2) is 4.98 Å². The largest absolute Gasteiger partial charge is 0.370 e. The number of benzene rings is 1. The van der Waals surface area contributed by atoms with Crippen LogP contribution in [-0.2, 0) is 6.42 Å². The first-order valence-corrected chi connectivity index (χ1v) is 8.09. The molecule has 1 aromatic carbocycles. The van der Waals surface area contributed by atoms with E-state index in [0.717, 1.165) is 48.5 Å². The second kappa shape index (κ2) is 7.99. The van der Waals surface area contributed by atoms with Crippen LogP contribution in [0, 0.1) is 6.92 Å². The van der Waals surface area contributed by atoms with Gasteiger partial charge in [0.1, 0.15) is 5.82 Å². The number of halogens is 1. The highest BCUT2D eigenvalue weighted by Crippen LogP contribution is 2.14. The van der Waals surface area contributed by atoms with Gasteiger partial charge in [0.15, 0.2) is 0 Å². The predicted octanol–water partition coefficient (Wildman–Crippen LogP) is 3.94. The van der Waals surface area contributed by atoms with E-state index in [9.17, 15) is 0 Å². The summed E-state index contributed by atoms with van der Waals surface area (Å²) in [5.74, 6) is 1.67. The van der Waals surface area contributed by atoms with E-state index in [1.807, 2.05) is 25.1 Å². The average Bonchev–Trinajstić information content (AvgIpc) is 2.50. The van der Waals surface area contributed by atoms with Crippen molar-refractivity contribution in [2.24, 2.45) is 0 Å². The second-order valence-electron chi connectivity index (χ2n) is 5.17. The van der Waals surface area contributed by atoms with Crippen LogP contribution in [0.3, 0.4) is 0 Å². The molecule has 0 unspecified atom stereocenters. The van der Waals surface area contributed by atoms with Crippen LogP contribution in [-0.4, -0.2) is 29.6 Å². The molecule has 0 aliphatic heterocycles. The lowest BCUT2D eigenvalue weighted by Crippen LogP contribution is -2.25. The summed E-state index contributed by atoms with van der Waals surface area (Å²) in [5, 5.41) is 4.15. The van der Waals surface area contributed by atoms with Crippen molar-refractivity contribution in [1.29, 1.82) is 0 Å². The van der Waals surface area contributed by atoms with Crippen LogP contribution in [0.5, 0.6) is 0 Å². The van der Waals surface area contributed by atoms with Crippen molar-refractivity contribution in [2.45, 2.75) is 27.2 Å². The molecule has 118 valence electrons. The molecule has 0 aliphatic rings. The molecule has 5 heteroatoms. The summed E-state index contributed by atoms with van der Waals surface area (Å²) >= 11 is 5.90. The van der Waals surface area contributed by atoms with Gasteiger partial charge in [-0.2, -0.15) is 4.98 Å². The molecule has 2 aromatic rings. The number of nitrogens with zero attached hydrogens (tertiary/aromatic N) is 3. The van der Waals surface area contributed by atoms with Crippen molar-refractivity contribution in [1.82, 2.24) is 9.97 Å². The molecule has 0 aliphatic carbocycles. The van der Waals surface area contributed by atoms with Crippen molar-refractivity contribution >= 4 is 23.4 Å². The number of aromatic nitrogens is 2. The number of hydrogen-bond acceptors (Lipinski definition) is 4. The molecule has 0 saturated carbocycles. The topological polar surface area (TPSA) is 41.1 Å². The maximum absolute atomic E-state index is 5.90. The molecular weight excluding hydrogens is 296 g/mol. The van der Waals surface area contributed by atoms with Gasteiger partial charge in [0.05, 0.1) is 0 Å². The van der Waals surface area contributed by atoms with Crippen LogP contribution < -0.4 is 10.2 Å². The van der Waals surface area contributed by atoms with E-state index in [1.165, 1.54) is 5.56 Å². The molecule has 1 N–H and O–H groups in total. The maximum Gasteiger partial charge on any atom is 0.227 e. The Kier molecular flexibility index (Phi) is 6.01. The molecule has 0 radical (unpaired) electrons. The minimum absolute atomic E-state index is 0.770. The summed E-state index contributed by atoms with van der Waals surface area (Å²) in [6.45, 7) is 8.87. The van der Waals surface area contributed by atoms with E-state index in [-0.39, 0.29) is 0 Å². The van der Waals surface area contributed by atoms with Gasteiger partial charge in [-0.05, 0) is 44.9 Å². The zero-order valence-electron chi connectivity index (χ0n) is 13.4. The standard InChI is InChI=1S/C17H23ClN4/c1-4-22(5-2)17-20-13(3)12-16(21-17)19-11-10-14-6-8-15(18)9-7-14/h6-9,12H,4-5,10-11H2,1-3H3,(H,19,20,21). The van der Waals surface area contributed by atoms with E-state index >= 15 is 0 Å². The van der Waals surface area contributed by atoms with Crippen LogP contribution in [0.1, 0.15) is 25.1 Å². The number of hydrogen-bond donors (Lipinski definition) is 1. The lowest BCUT2D eigenvalue weighted by atomic mass is 10.1. The molecule has 0 saturated heterocycles. The molecule has 0 bridgehead atoms. The third kappa shape index (κ3) is 4.60. The van der Waals surface area contributed by atoms with E-state index in [2.05, 4.69) is 46.2 Å². The van der Waals surface area contributed by atoms with E-state index in [4.69, 9.17) is 11.6 Å². The Morgan fingerprint density at radius 1 is 1.09 bits per heavy atom. The van der Waals surface area contributed by atoms with Crippen molar-refractivity contribution < 1.29 is 0 Å². The Bertz CT molecular complexity index is 594. The van der Waals surface area contributed by atoms with Gasteiger partial charge in [0.25, 0.3) is 0 Å². The van der Waals surface area contributed by atoms with Gasteiger partial charge in [0, 0.05) is 36.4 Å². The lowest BCUT2D eigenvalue weighted by molar-refractivity contribution is 0.815. The Morgan fingerprint density at radius 2 is 1.77 bits per heavy atom. The predicted molar refractivity (Wildman–Crippen MR) is 94.0 cm³/mol. The number of rotatable bonds is 7. The van der Waals surface area contributed by atoms with Crippen molar-refractivity contribution in [3.05, 3.63) is 46.6 Å². The first-order valence-electron chi connectivity index (χ1n) is 7.71. The highest BCUT2D eigenvalue weighted by Gasteiger charge is 2.07. The molecule has 0 fully saturated rings. The first-order chi connectivity index (χ1) is 10.6. The fourth-order valence-electron chi connectivity index (χ4n) is 2.28. The monoisotopic (exact) mass is 318 g/mol. The highest BCUT2D eigenvalue weighted by atomic mass is 35.5. The highest BCUT2D eigenvalue weighted by molar-refractivity contribution is 6.30. The van der Waals surface area contributed by atoms with E-state index in [1.54, 1.807) is 0 Å². The summed E-state index contributed by atoms with van der Waals surface area (Å²) in [6, 6.07) is 9.93. The maximum atomic E-state index is 5.90. The van der Waals surface area contributed by atoms with Crippen molar-refractivity contribution in [3.8, 4) is 0 Å². The zero-order chi connectivity index (χ0) is 15.9. The Morgan fingerprint density at radius 3 is 2.41 bits per heavy atom. The quantitative estimate of drug-likeness (QED) is 0.839. The minimum atomic E-state index is 0.770. The Labute approximate surface area is 137 Å². The summed E-state index contributed by atoms with van der Waals surface area (Å²) in [6.07, 6.45) is 0.931. The first kappa shape index (κ1) is 16.6. The fraction of sp³-hybridized carbons (Fsp3) is 0.412. The third-order valence-corrected chi connectivity index (χ3v) is 3.77. The van der Waals surface area contributed by atoms with Crippen LogP contribution in [0.2, 0.25) is 5.02 Å². The molecule has 1 heterocycles. The average molecular weight is 319 g/mol. The molecule has 4 nitrogen and oxygen atoms in total. The molecule has 2 rings (SSSR count). The Balaban J connectivity index is 1.98. The third-order valence-electron chi connectivity index (χ3n) is 3.52. The van der Waals surface area contributed by atoms with Gasteiger partial charge < -0.3 is 10.2 Å². The van der Waals surface area contributed by atoms with E-state index < -0.39 is 0 Å². The van der Waals surface area contributed by atoms with Crippen LogP contribution in [0.25, 0.3) is 0 Å². The number of nitrogens with one attached hydrogen (secondary N) is 1. The van der Waals surface area contributed by atoms with E-state index in [0.29, 0.717) is 0 Å². The molecule has 0 amide bonds. The molecule has 22 heavy (non-hydrogen) atoms. The SMILES string of the molecule is CCN(CC)c1nc(C)cc(NCCc2ccc(Cl)cc2)n1. The van der Waals surface area contributed by atoms with Gasteiger partial charge in [-0.1, -0.05) is 23.7 Å². The van der Waals surface area contributed by atoms with Gasteiger partial charge in [-0.15, -0.1) is 0 Å². The van der Waals surface area contributed by atoms with Crippen LogP contribution in [0.15, 0.2) is 30.3 Å². The molecule has 1 aromatic heterocycles. The minimum Gasteiger partial charge on any atom is -0.370 e. The van der Waals surface area contributed by atoms with Gasteiger partial charge in [0.2, 0.25) is 5.95 Å².